The maximum absolute atomic E-state index is 10.6. The second kappa shape index (κ2) is 3.88. The molecule has 0 radical (unpaired) electrons. The van der Waals surface area contributed by atoms with Crippen LogP contribution in [0, 0.1) is 0 Å². The molecule has 0 amide bonds. The first kappa shape index (κ1) is 7.06. The van der Waals surface area contributed by atoms with Crippen LogP contribution in [0.5, 0.6) is 0 Å². The van der Waals surface area contributed by atoms with Crippen LogP contribution >= 0.6 is 0 Å². The SMILES string of the molecule is O=C1/C=C\C=C/CCCO1. The molecule has 1 aliphatic rings. The highest BCUT2D eigenvalue weighted by atomic mass is 16.5. The van der Waals surface area contributed by atoms with Crippen molar-refractivity contribution in [3.8, 4) is 0 Å². The first-order valence-electron chi connectivity index (χ1n) is 3.39. The van der Waals surface area contributed by atoms with E-state index >= 15 is 0 Å². The number of allylic oxidation sites excluding steroid dienone is 3. The molecule has 0 N–H and O–H groups in total. The van der Waals surface area contributed by atoms with Crippen molar-refractivity contribution in [1.29, 1.82) is 0 Å². The van der Waals surface area contributed by atoms with E-state index in [1.165, 1.54) is 6.08 Å². The molecule has 54 valence electrons. The van der Waals surface area contributed by atoms with E-state index in [0.717, 1.165) is 12.8 Å². The van der Waals surface area contributed by atoms with Gasteiger partial charge < -0.3 is 4.74 Å². The van der Waals surface area contributed by atoms with Crippen molar-refractivity contribution in [2.45, 2.75) is 12.8 Å². The van der Waals surface area contributed by atoms with Gasteiger partial charge in [-0.1, -0.05) is 18.2 Å². The number of carbonyl (C=O) groups is 1. The summed E-state index contributed by atoms with van der Waals surface area (Å²) in [6.45, 7) is 0.535. The monoisotopic (exact) mass is 138 g/mol. The summed E-state index contributed by atoms with van der Waals surface area (Å²) in [6, 6.07) is 0. The van der Waals surface area contributed by atoms with Gasteiger partial charge in [0.05, 0.1) is 6.61 Å². The average Bonchev–Trinajstić information content (AvgIpc) is 2.02. The minimum atomic E-state index is -0.244. The second-order valence-electron chi connectivity index (χ2n) is 2.10. The zero-order chi connectivity index (χ0) is 7.23. The molecule has 0 atom stereocenters. The van der Waals surface area contributed by atoms with Crippen molar-refractivity contribution in [1.82, 2.24) is 0 Å². The molecule has 0 bridgehead atoms. The zero-order valence-corrected chi connectivity index (χ0v) is 5.75. The van der Waals surface area contributed by atoms with E-state index in [-0.39, 0.29) is 5.97 Å². The average molecular weight is 138 g/mol. The number of esters is 1. The lowest BCUT2D eigenvalue weighted by Crippen LogP contribution is -2.00. The molecule has 0 unspecified atom stereocenters. The summed E-state index contributed by atoms with van der Waals surface area (Å²) in [5.41, 5.74) is 0. The first-order valence-corrected chi connectivity index (χ1v) is 3.39. The number of cyclic esters (lactones) is 1. The topological polar surface area (TPSA) is 26.3 Å². The molecule has 0 aromatic rings. The molecule has 0 aromatic carbocycles. The lowest BCUT2D eigenvalue weighted by molar-refractivity contribution is -0.137. The highest BCUT2D eigenvalue weighted by Crippen LogP contribution is 1.96. The summed E-state index contributed by atoms with van der Waals surface area (Å²) in [5, 5.41) is 0. The third-order valence-electron chi connectivity index (χ3n) is 1.24. The van der Waals surface area contributed by atoms with Gasteiger partial charge in [-0.3, -0.25) is 0 Å². The standard InChI is InChI=1S/C8H10O2/c9-8-6-4-2-1-3-5-7-10-8/h1-2,4,6H,3,5,7H2/b2-1-,6-4-. The Morgan fingerprint density at radius 1 is 1.40 bits per heavy atom. The fourth-order valence-electron chi connectivity index (χ4n) is 0.731. The number of carbonyl (C=O) groups excluding carboxylic acids is 1. The minimum absolute atomic E-state index is 0.244. The van der Waals surface area contributed by atoms with Gasteiger partial charge in [-0.25, -0.2) is 4.79 Å². The second-order valence-corrected chi connectivity index (χ2v) is 2.10. The van der Waals surface area contributed by atoms with Gasteiger partial charge in [0.1, 0.15) is 0 Å². The van der Waals surface area contributed by atoms with Crippen LogP contribution in [-0.4, -0.2) is 12.6 Å². The number of rotatable bonds is 0. The summed E-state index contributed by atoms with van der Waals surface area (Å²) >= 11 is 0. The highest BCUT2D eigenvalue weighted by Gasteiger charge is 1.95. The van der Waals surface area contributed by atoms with Crippen molar-refractivity contribution < 1.29 is 9.53 Å². The predicted octanol–water partition coefficient (Wildman–Crippen LogP) is 1.44. The van der Waals surface area contributed by atoms with E-state index in [1.54, 1.807) is 6.08 Å². The Balaban J connectivity index is 2.48. The van der Waals surface area contributed by atoms with Crippen LogP contribution in [-0.2, 0) is 9.53 Å². The Labute approximate surface area is 60.2 Å². The normalized spacial score (nSPS) is 25.4. The van der Waals surface area contributed by atoms with E-state index in [1.807, 2.05) is 12.2 Å². The lowest BCUT2D eigenvalue weighted by Gasteiger charge is -1.96. The predicted molar refractivity (Wildman–Crippen MR) is 38.5 cm³/mol. The minimum Gasteiger partial charge on any atom is -0.463 e. The lowest BCUT2D eigenvalue weighted by atomic mass is 10.3. The molecule has 0 saturated heterocycles. The van der Waals surface area contributed by atoms with Crippen molar-refractivity contribution >= 4 is 5.97 Å². The van der Waals surface area contributed by atoms with Gasteiger partial charge in [0, 0.05) is 6.08 Å². The maximum Gasteiger partial charge on any atom is 0.330 e. The van der Waals surface area contributed by atoms with Crippen LogP contribution in [0.1, 0.15) is 12.8 Å². The van der Waals surface area contributed by atoms with Crippen LogP contribution in [0.15, 0.2) is 24.3 Å². The smallest absolute Gasteiger partial charge is 0.330 e. The fourth-order valence-corrected chi connectivity index (χ4v) is 0.731. The number of ether oxygens (including phenoxy) is 1. The van der Waals surface area contributed by atoms with Crippen LogP contribution in [0.3, 0.4) is 0 Å². The van der Waals surface area contributed by atoms with Gasteiger partial charge in [-0.15, -0.1) is 0 Å². The van der Waals surface area contributed by atoms with Crippen molar-refractivity contribution in [3.63, 3.8) is 0 Å². The molecule has 2 heteroatoms. The van der Waals surface area contributed by atoms with Crippen LogP contribution in [0.25, 0.3) is 0 Å². The van der Waals surface area contributed by atoms with Gasteiger partial charge in [-0.05, 0) is 12.8 Å². The van der Waals surface area contributed by atoms with E-state index < -0.39 is 0 Å². The fraction of sp³-hybridized carbons (Fsp3) is 0.375. The Hall–Kier alpha value is -1.05. The maximum atomic E-state index is 10.6. The van der Waals surface area contributed by atoms with Gasteiger partial charge >= 0.3 is 5.97 Å². The molecule has 1 heterocycles. The van der Waals surface area contributed by atoms with Gasteiger partial charge in [-0.2, -0.15) is 0 Å². The van der Waals surface area contributed by atoms with Crippen molar-refractivity contribution in [2.24, 2.45) is 0 Å². The molecular weight excluding hydrogens is 128 g/mol. The molecule has 0 saturated carbocycles. The molecule has 0 spiro atoms. The molecule has 1 aliphatic heterocycles. The zero-order valence-electron chi connectivity index (χ0n) is 5.75. The third kappa shape index (κ3) is 2.49. The molecule has 0 aromatic heterocycles. The Kier molecular flexibility index (Phi) is 2.74. The number of hydrogen-bond acceptors (Lipinski definition) is 2. The first-order chi connectivity index (χ1) is 4.89. The third-order valence-corrected chi connectivity index (χ3v) is 1.24. The largest absolute Gasteiger partial charge is 0.463 e. The van der Waals surface area contributed by atoms with Gasteiger partial charge in [0.25, 0.3) is 0 Å². The quantitative estimate of drug-likeness (QED) is 0.473. The van der Waals surface area contributed by atoms with Crippen LogP contribution in [0.4, 0.5) is 0 Å². The summed E-state index contributed by atoms with van der Waals surface area (Å²) in [6.07, 6.45) is 8.93. The summed E-state index contributed by atoms with van der Waals surface area (Å²) in [5.74, 6) is -0.244. The molecule has 2 nitrogen and oxygen atoms in total. The molecular formula is C8H10O2. The van der Waals surface area contributed by atoms with E-state index in [9.17, 15) is 4.79 Å². The summed E-state index contributed by atoms with van der Waals surface area (Å²) < 4.78 is 4.80. The van der Waals surface area contributed by atoms with Crippen molar-refractivity contribution in [2.75, 3.05) is 6.61 Å². The number of hydrogen-bond donors (Lipinski definition) is 0. The molecule has 10 heavy (non-hydrogen) atoms. The van der Waals surface area contributed by atoms with Crippen LogP contribution in [0.2, 0.25) is 0 Å². The summed E-state index contributed by atoms with van der Waals surface area (Å²) in [4.78, 5) is 10.6. The molecule has 1 rings (SSSR count). The van der Waals surface area contributed by atoms with E-state index in [2.05, 4.69) is 0 Å². The Morgan fingerprint density at radius 3 is 3.20 bits per heavy atom. The van der Waals surface area contributed by atoms with Crippen LogP contribution < -0.4 is 0 Å². The van der Waals surface area contributed by atoms with Gasteiger partial charge in [0.15, 0.2) is 0 Å². The molecule has 0 aliphatic carbocycles. The Bertz CT molecular complexity index is 168. The highest BCUT2D eigenvalue weighted by molar-refractivity contribution is 5.82. The van der Waals surface area contributed by atoms with E-state index in [0.29, 0.717) is 6.61 Å². The molecule has 0 fully saturated rings. The van der Waals surface area contributed by atoms with Gasteiger partial charge in [0.2, 0.25) is 0 Å². The Morgan fingerprint density at radius 2 is 2.30 bits per heavy atom. The van der Waals surface area contributed by atoms with E-state index in [4.69, 9.17) is 4.74 Å². The van der Waals surface area contributed by atoms with Crippen molar-refractivity contribution in [3.05, 3.63) is 24.3 Å². The summed E-state index contributed by atoms with van der Waals surface area (Å²) in [7, 11) is 0.